The van der Waals surface area contributed by atoms with Gasteiger partial charge >= 0.3 is 0 Å². The van der Waals surface area contributed by atoms with Gasteiger partial charge in [0.05, 0.1) is 7.11 Å². The number of hydrogen-bond acceptors (Lipinski definition) is 4. The molecule has 4 nitrogen and oxygen atoms in total. The van der Waals surface area contributed by atoms with Crippen molar-refractivity contribution >= 4 is 0 Å². The van der Waals surface area contributed by atoms with Gasteiger partial charge < -0.3 is 20.1 Å². The van der Waals surface area contributed by atoms with Crippen LogP contribution in [0, 0.1) is 5.92 Å². The topological polar surface area (TPSA) is 42.5 Å². The van der Waals surface area contributed by atoms with Crippen LogP contribution in [-0.4, -0.2) is 32.8 Å². The van der Waals surface area contributed by atoms with E-state index in [1.807, 2.05) is 19.2 Å². The van der Waals surface area contributed by atoms with E-state index in [1.54, 1.807) is 7.11 Å². The molecule has 2 aliphatic rings. The SMILES string of the molecule is CNC1CC2(CCNCC2C)Oc2ccc(OC)cc21. The maximum absolute atomic E-state index is 6.47. The Balaban J connectivity index is 1.98. The molecule has 2 N–H and O–H groups in total. The summed E-state index contributed by atoms with van der Waals surface area (Å²) in [6, 6.07) is 6.45. The zero-order valence-electron chi connectivity index (χ0n) is 12.5. The van der Waals surface area contributed by atoms with Gasteiger partial charge in [-0.05, 0) is 38.2 Å². The molecule has 1 aromatic carbocycles. The van der Waals surface area contributed by atoms with E-state index in [0.29, 0.717) is 12.0 Å². The molecule has 0 bridgehead atoms. The summed E-state index contributed by atoms with van der Waals surface area (Å²) in [5, 5.41) is 6.91. The predicted octanol–water partition coefficient (Wildman–Crippen LogP) is 2.11. The molecule has 0 radical (unpaired) electrons. The number of nitrogens with one attached hydrogen (secondary N) is 2. The van der Waals surface area contributed by atoms with Gasteiger partial charge in [0.1, 0.15) is 17.1 Å². The molecule has 0 aliphatic carbocycles. The average Bonchev–Trinajstić information content (AvgIpc) is 2.49. The predicted molar refractivity (Wildman–Crippen MR) is 79.4 cm³/mol. The van der Waals surface area contributed by atoms with Crippen LogP contribution in [0.3, 0.4) is 0 Å². The zero-order chi connectivity index (χ0) is 14.2. The summed E-state index contributed by atoms with van der Waals surface area (Å²) in [5.74, 6) is 2.41. The lowest BCUT2D eigenvalue weighted by Crippen LogP contribution is -2.56. The Labute approximate surface area is 120 Å². The van der Waals surface area contributed by atoms with Gasteiger partial charge in [-0.25, -0.2) is 0 Å². The third-order valence-electron chi connectivity index (χ3n) is 4.88. The minimum Gasteiger partial charge on any atom is -0.497 e. The fraction of sp³-hybridized carbons (Fsp3) is 0.625. The molecule has 3 atom stereocenters. The number of hydrogen-bond donors (Lipinski definition) is 2. The molecule has 1 saturated heterocycles. The molecule has 2 aliphatic heterocycles. The largest absolute Gasteiger partial charge is 0.497 e. The van der Waals surface area contributed by atoms with Gasteiger partial charge in [0.2, 0.25) is 0 Å². The van der Waals surface area contributed by atoms with Gasteiger partial charge in [0.15, 0.2) is 0 Å². The lowest BCUT2D eigenvalue weighted by molar-refractivity contribution is -0.0366. The van der Waals surface area contributed by atoms with Crippen LogP contribution in [0.2, 0.25) is 0 Å². The molecule has 1 fully saturated rings. The Morgan fingerprint density at radius 2 is 2.30 bits per heavy atom. The minimum atomic E-state index is -0.0412. The van der Waals surface area contributed by atoms with Gasteiger partial charge in [-0.15, -0.1) is 0 Å². The first-order valence-electron chi connectivity index (χ1n) is 7.43. The maximum Gasteiger partial charge on any atom is 0.125 e. The molecular formula is C16H24N2O2. The van der Waals surface area contributed by atoms with Crippen molar-refractivity contribution in [1.82, 2.24) is 10.6 Å². The molecule has 0 amide bonds. The highest BCUT2D eigenvalue weighted by Crippen LogP contribution is 2.46. The van der Waals surface area contributed by atoms with Crippen LogP contribution in [0.5, 0.6) is 11.5 Å². The third kappa shape index (κ3) is 2.17. The second kappa shape index (κ2) is 5.26. The lowest BCUT2D eigenvalue weighted by Gasteiger charge is -2.48. The molecule has 110 valence electrons. The van der Waals surface area contributed by atoms with Crippen LogP contribution >= 0.6 is 0 Å². The molecule has 0 saturated carbocycles. The van der Waals surface area contributed by atoms with Crippen LogP contribution in [0.15, 0.2) is 18.2 Å². The Hall–Kier alpha value is -1.26. The maximum atomic E-state index is 6.47. The van der Waals surface area contributed by atoms with E-state index >= 15 is 0 Å². The van der Waals surface area contributed by atoms with Crippen LogP contribution < -0.4 is 20.1 Å². The van der Waals surface area contributed by atoms with Crippen molar-refractivity contribution in [3.63, 3.8) is 0 Å². The van der Waals surface area contributed by atoms with Gasteiger partial charge in [-0.1, -0.05) is 6.92 Å². The van der Waals surface area contributed by atoms with Crippen LogP contribution in [0.4, 0.5) is 0 Å². The van der Waals surface area contributed by atoms with E-state index in [4.69, 9.17) is 9.47 Å². The highest BCUT2D eigenvalue weighted by Gasteiger charge is 2.45. The Kier molecular flexibility index (Phi) is 3.61. The number of fused-ring (bicyclic) bond motifs is 1. The van der Waals surface area contributed by atoms with Crippen LogP contribution in [-0.2, 0) is 0 Å². The fourth-order valence-corrected chi connectivity index (χ4v) is 3.50. The van der Waals surface area contributed by atoms with Crippen molar-refractivity contribution in [3.8, 4) is 11.5 Å². The number of rotatable bonds is 2. The van der Waals surface area contributed by atoms with E-state index in [-0.39, 0.29) is 5.60 Å². The number of ether oxygens (including phenoxy) is 2. The lowest BCUT2D eigenvalue weighted by atomic mass is 9.75. The summed E-state index contributed by atoms with van der Waals surface area (Å²) in [7, 11) is 3.73. The average molecular weight is 276 g/mol. The third-order valence-corrected chi connectivity index (χ3v) is 4.88. The second-order valence-corrected chi connectivity index (χ2v) is 5.97. The summed E-state index contributed by atoms with van der Waals surface area (Å²) in [5.41, 5.74) is 1.17. The summed E-state index contributed by atoms with van der Waals surface area (Å²) in [6.07, 6.45) is 2.09. The minimum absolute atomic E-state index is 0.0412. The van der Waals surface area contributed by atoms with Crippen LogP contribution in [0.1, 0.15) is 31.4 Å². The quantitative estimate of drug-likeness (QED) is 0.868. The Bertz CT molecular complexity index is 491. The molecule has 1 aromatic rings. The van der Waals surface area contributed by atoms with Gasteiger partial charge in [-0.2, -0.15) is 0 Å². The summed E-state index contributed by atoms with van der Waals surface area (Å²) in [4.78, 5) is 0. The van der Waals surface area contributed by atoms with Crippen molar-refractivity contribution in [3.05, 3.63) is 23.8 Å². The molecule has 2 heterocycles. The molecule has 4 heteroatoms. The van der Waals surface area contributed by atoms with Gasteiger partial charge in [0, 0.05) is 30.5 Å². The fourth-order valence-electron chi connectivity index (χ4n) is 3.50. The smallest absolute Gasteiger partial charge is 0.125 e. The first-order valence-corrected chi connectivity index (χ1v) is 7.43. The number of piperidine rings is 1. The van der Waals surface area contributed by atoms with E-state index in [2.05, 4.69) is 23.6 Å². The normalized spacial score (nSPS) is 32.5. The van der Waals surface area contributed by atoms with Crippen molar-refractivity contribution in [2.45, 2.75) is 31.4 Å². The number of methoxy groups -OCH3 is 1. The summed E-state index contributed by atoms with van der Waals surface area (Å²) in [6.45, 7) is 4.35. The Morgan fingerprint density at radius 1 is 1.45 bits per heavy atom. The molecule has 3 rings (SSSR count). The van der Waals surface area contributed by atoms with Crippen LogP contribution in [0.25, 0.3) is 0 Å². The van der Waals surface area contributed by atoms with Crippen molar-refractivity contribution in [2.75, 3.05) is 27.2 Å². The summed E-state index contributed by atoms with van der Waals surface area (Å²) < 4.78 is 11.8. The second-order valence-electron chi connectivity index (χ2n) is 5.97. The van der Waals surface area contributed by atoms with Gasteiger partial charge in [0.25, 0.3) is 0 Å². The first-order chi connectivity index (χ1) is 9.68. The van der Waals surface area contributed by atoms with E-state index in [9.17, 15) is 0 Å². The van der Waals surface area contributed by atoms with Crippen molar-refractivity contribution in [1.29, 1.82) is 0 Å². The highest BCUT2D eigenvalue weighted by molar-refractivity contribution is 5.44. The number of benzene rings is 1. The molecule has 1 spiro atoms. The molecule has 20 heavy (non-hydrogen) atoms. The van der Waals surface area contributed by atoms with E-state index < -0.39 is 0 Å². The molecule has 0 aromatic heterocycles. The van der Waals surface area contributed by atoms with Crippen molar-refractivity contribution < 1.29 is 9.47 Å². The van der Waals surface area contributed by atoms with E-state index in [0.717, 1.165) is 37.4 Å². The summed E-state index contributed by atoms with van der Waals surface area (Å²) >= 11 is 0. The van der Waals surface area contributed by atoms with Gasteiger partial charge in [-0.3, -0.25) is 0 Å². The Morgan fingerprint density at radius 3 is 3.00 bits per heavy atom. The van der Waals surface area contributed by atoms with Crippen molar-refractivity contribution in [2.24, 2.45) is 5.92 Å². The highest BCUT2D eigenvalue weighted by atomic mass is 16.5. The molecule has 3 unspecified atom stereocenters. The standard InChI is InChI=1S/C16H24N2O2/c1-11-10-18-7-6-16(11)9-14(17-2)13-8-12(19-3)4-5-15(13)20-16/h4-5,8,11,14,17-18H,6-7,9-10H2,1-3H3. The molecular weight excluding hydrogens is 252 g/mol. The zero-order valence-corrected chi connectivity index (χ0v) is 12.5. The monoisotopic (exact) mass is 276 g/mol. The first kappa shape index (κ1) is 13.7. The van der Waals surface area contributed by atoms with E-state index in [1.165, 1.54) is 5.56 Å².